The van der Waals surface area contributed by atoms with Crippen molar-refractivity contribution in [1.82, 2.24) is 4.90 Å². The second-order valence-electron chi connectivity index (χ2n) is 4.94. The minimum Gasteiger partial charge on any atom is -0.380 e. The van der Waals surface area contributed by atoms with E-state index in [1.807, 2.05) is 0 Å². The van der Waals surface area contributed by atoms with Gasteiger partial charge in [-0.05, 0) is 12.8 Å². The molecule has 5 heteroatoms. The first kappa shape index (κ1) is 15.0. The van der Waals surface area contributed by atoms with Crippen molar-refractivity contribution in [3.63, 3.8) is 0 Å². The summed E-state index contributed by atoms with van der Waals surface area (Å²) >= 11 is 0. The van der Waals surface area contributed by atoms with Gasteiger partial charge in [0.2, 0.25) is 11.8 Å². The average molecular weight is 256 g/mol. The van der Waals surface area contributed by atoms with E-state index in [0.717, 1.165) is 32.2 Å². The summed E-state index contributed by atoms with van der Waals surface area (Å²) in [7, 11) is 1.66. The Bertz CT molecular complexity index is 294. The maximum Gasteiger partial charge on any atom is 0.226 e. The van der Waals surface area contributed by atoms with Crippen LogP contribution in [0.2, 0.25) is 0 Å². The van der Waals surface area contributed by atoms with E-state index in [9.17, 15) is 9.59 Å². The maximum absolute atomic E-state index is 12.3. The minimum absolute atomic E-state index is 0.0572. The summed E-state index contributed by atoms with van der Waals surface area (Å²) < 4.78 is 5.25. The van der Waals surface area contributed by atoms with E-state index in [1.54, 1.807) is 12.0 Å². The van der Waals surface area contributed by atoms with Crippen molar-refractivity contribution in [2.24, 2.45) is 11.7 Å². The number of carbonyl (C=O) groups excluding carboxylic acids is 2. The molecule has 0 aromatic heterocycles. The average Bonchev–Trinajstić information content (AvgIpc) is 2.81. The molecule has 2 amide bonds. The lowest BCUT2D eigenvalue weighted by molar-refractivity contribution is -0.137. The van der Waals surface area contributed by atoms with Crippen LogP contribution in [0.1, 0.15) is 39.0 Å². The van der Waals surface area contributed by atoms with Crippen LogP contribution in [-0.2, 0) is 14.3 Å². The standard InChI is InChI=1S/C13H24N2O3/c1-3-4-5-10(8-12(14)16)13(17)15-7-6-11(9-15)18-2/h10-11H,3-9H2,1-2H3,(H2,14,16). The lowest BCUT2D eigenvalue weighted by Crippen LogP contribution is -2.37. The van der Waals surface area contributed by atoms with Crippen LogP contribution >= 0.6 is 0 Å². The number of rotatable bonds is 7. The molecule has 18 heavy (non-hydrogen) atoms. The highest BCUT2D eigenvalue weighted by Gasteiger charge is 2.31. The third-order valence-electron chi connectivity index (χ3n) is 3.49. The molecule has 2 unspecified atom stereocenters. The number of nitrogens with zero attached hydrogens (tertiary/aromatic N) is 1. The highest BCUT2D eigenvalue weighted by atomic mass is 16.5. The van der Waals surface area contributed by atoms with Crippen LogP contribution in [0.15, 0.2) is 0 Å². The summed E-state index contributed by atoms with van der Waals surface area (Å²) in [5.74, 6) is -0.591. The Morgan fingerprint density at radius 1 is 1.50 bits per heavy atom. The Kier molecular flexibility index (Phi) is 6.12. The predicted octanol–water partition coefficient (Wildman–Crippen LogP) is 0.916. The largest absolute Gasteiger partial charge is 0.380 e. The molecule has 0 aliphatic carbocycles. The number of primary amides is 1. The van der Waals surface area contributed by atoms with Gasteiger partial charge in [0.1, 0.15) is 0 Å². The topological polar surface area (TPSA) is 72.6 Å². The first-order valence-electron chi connectivity index (χ1n) is 6.68. The highest BCUT2D eigenvalue weighted by molar-refractivity contribution is 5.85. The number of unbranched alkanes of at least 4 members (excludes halogenated alkanes) is 1. The molecule has 104 valence electrons. The van der Waals surface area contributed by atoms with Crippen LogP contribution < -0.4 is 5.73 Å². The van der Waals surface area contributed by atoms with Crippen molar-refractivity contribution in [2.75, 3.05) is 20.2 Å². The molecule has 1 aliphatic heterocycles. The van der Waals surface area contributed by atoms with Gasteiger partial charge in [-0.1, -0.05) is 19.8 Å². The van der Waals surface area contributed by atoms with Gasteiger partial charge in [0.15, 0.2) is 0 Å². The zero-order chi connectivity index (χ0) is 13.5. The molecule has 0 saturated carbocycles. The van der Waals surface area contributed by atoms with E-state index in [-0.39, 0.29) is 24.3 Å². The van der Waals surface area contributed by atoms with Crippen molar-refractivity contribution in [3.8, 4) is 0 Å². The van der Waals surface area contributed by atoms with Crippen molar-refractivity contribution in [1.29, 1.82) is 0 Å². The summed E-state index contributed by atoms with van der Waals surface area (Å²) in [6, 6.07) is 0. The van der Waals surface area contributed by atoms with Crippen molar-refractivity contribution < 1.29 is 14.3 Å². The zero-order valence-corrected chi connectivity index (χ0v) is 11.4. The van der Waals surface area contributed by atoms with E-state index in [4.69, 9.17) is 10.5 Å². The number of likely N-dealkylation sites (tertiary alicyclic amines) is 1. The molecule has 1 fully saturated rings. The molecule has 0 aromatic rings. The summed E-state index contributed by atoms with van der Waals surface area (Å²) in [5, 5.41) is 0. The fraction of sp³-hybridized carbons (Fsp3) is 0.846. The Morgan fingerprint density at radius 3 is 2.72 bits per heavy atom. The number of ether oxygens (including phenoxy) is 1. The van der Waals surface area contributed by atoms with Gasteiger partial charge < -0.3 is 15.4 Å². The second kappa shape index (κ2) is 7.36. The van der Waals surface area contributed by atoms with Crippen LogP contribution in [-0.4, -0.2) is 43.0 Å². The van der Waals surface area contributed by atoms with Gasteiger partial charge in [0.25, 0.3) is 0 Å². The third-order valence-corrected chi connectivity index (χ3v) is 3.49. The van der Waals surface area contributed by atoms with Crippen LogP contribution in [0.25, 0.3) is 0 Å². The van der Waals surface area contributed by atoms with Gasteiger partial charge in [-0.15, -0.1) is 0 Å². The van der Waals surface area contributed by atoms with Gasteiger partial charge in [-0.3, -0.25) is 9.59 Å². The normalized spacial score (nSPS) is 21.0. The molecule has 1 rings (SSSR count). The Hall–Kier alpha value is -1.10. The number of carbonyl (C=O) groups is 2. The van der Waals surface area contributed by atoms with E-state index in [0.29, 0.717) is 6.54 Å². The first-order chi connectivity index (χ1) is 8.58. The number of hydrogen-bond donors (Lipinski definition) is 1. The first-order valence-corrected chi connectivity index (χ1v) is 6.68. The van der Waals surface area contributed by atoms with Crippen molar-refractivity contribution in [3.05, 3.63) is 0 Å². The Balaban J connectivity index is 2.55. The molecule has 1 aliphatic rings. The summed E-state index contributed by atoms with van der Waals surface area (Å²) in [6.07, 6.45) is 3.88. The second-order valence-corrected chi connectivity index (χ2v) is 4.94. The number of nitrogens with two attached hydrogens (primary N) is 1. The van der Waals surface area contributed by atoms with Gasteiger partial charge in [0.05, 0.1) is 6.10 Å². The van der Waals surface area contributed by atoms with E-state index in [2.05, 4.69) is 6.92 Å². The summed E-state index contributed by atoms with van der Waals surface area (Å²) in [5.41, 5.74) is 5.22. The van der Waals surface area contributed by atoms with Crippen LogP contribution in [0.3, 0.4) is 0 Å². The smallest absolute Gasteiger partial charge is 0.226 e. The molecule has 1 saturated heterocycles. The van der Waals surface area contributed by atoms with Crippen molar-refractivity contribution >= 4 is 11.8 Å². The molecule has 0 spiro atoms. The fourth-order valence-electron chi connectivity index (χ4n) is 2.39. The number of hydrogen-bond acceptors (Lipinski definition) is 3. The maximum atomic E-state index is 12.3. The third kappa shape index (κ3) is 4.29. The van der Waals surface area contributed by atoms with Crippen LogP contribution in [0, 0.1) is 5.92 Å². The van der Waals surface area contributed by atoms with Gasteiger partial charge in [-0.25, -0.2) is 0 Å². The molecule has 1 heterocycles. The summed E-state index contributed by atoms with van der Waals surface area (Å²) in [6.45, 7) is 3.43. The molecular formula is C13H24N2O3. The van der Waals surface area contributed by atoms with Gasteiger partial charge >= 0.3 is 0 Å². The predicted molar refractivity (Wildman–Crippen MR) is 68.8 cm³/mol. The number of methoxy groups -OCH3 is 1. The van der Waals surface area contributed by atoms with Crippen LogP contribution in [0.5, 0.6) is 0 Å². The molecule has 0 aromatic carbocycles. The molecule has 0 bridgehead atoms. The van der Waals surface area contributed by atoms with E-state index >= 15 is 0 Å². The van der Waals surface area contributed by atoms with E-state index in [1.165, 1.54) is 0 Å². The molecule has 0 radical (unpaired) electrons. The Labute approximate surface area is 109 Å². The molecule has 5 nitrogen and oxygen atoms in total. The molecule has 2 atom stereocenters. The lowest BCUT2D eigenvalue weighted by atomic mass is 9.96. The number of amides is 2. The Morgan fingerprint density at radius 2 is 2.22 bits per heavy atom. The van der Waals surface area contributed by atoms with Crippen LogP contribution in [0.4, 0.5) is 0 Å². The van der Waals surface area contributed by atoms with Crippen molar-refractivity contribution in [2.45, 2.75) is 45.1 Å². The SMILES string of the molecule is CCCCC(CC(N)=O)C(=O)N1CCC(OC)C1. The fourth-order valence-corrected chi connectivity index (χ4v) is 2.39. The van der Waals surface area contributed by atoms with E-state index < -0.39 is 5.91 Å². The lowest BCUT2D eigenvalue weighted by Gasteiger charge is -2.22. The summed E-state index contributed by atoms with van der Waals surface area (Å²) in [4.78, 5) is 25.2. The van der Waals surface area contributed by atoms with Gasteiger partial charge in [0, 0.05) is 32.5 Å². The quantitative estimate of drug-likeness (QED) is 0.736. The zero-order valence-electron chi connectivity index (χ0n) is 11.4. The highest BCUT2D eigenvalue weighted by Crippen LogP contribution is 2.20. The molecular weight excluding hydrogens is 232 g/mol. The minimum atomic E-state index is -0.396. The van der Waals surface area contributed by atoms with Gasteiger partial charge in [-0.2, -0.15) is 0 Å². The molecule has 2 N–H and O–H groups in total. The monoisotopic (exact) mass is 256 g/mol.